The van der Waals surface area contributed by atoms with Crippen molar-refractivity contribution in [3.8, 4) is 0 Å². The molecule has 0 aliphatic carbocycles. The van der Waals surface area contributed by atoms with Gasteiger partial charge in [-0.25, -0.2) is 4.79 Å². The summed E-state index contributed by atoms with van der Waals surface area (Å²) in [5, 5.41) is 3.13. The number of nitrogens with one attached hydrogen (secondary N) is 1. The molecular formula is C42H68N6O5. The Morgan fingerprint density at radius 3 is 2.06 bits per heavy atom. The molecule has 296 valence electrons. The molecule has 2 aromatic rings. The van der Waals surface area contributed by atoms with E-state index in [-0.39, 0.29) is 24.5 Å². The van der Waals surface area contributed by atoms with Crippen LogP contribution in [0.5, 0.6) is 0 Å². The molecule has 2 fully saturated rings. The number of nitrogens with two attached hydrogens (primary N) is 1. The Balaban J connectivity index is 0.000000303. The maximum Gasteiger partial charge on any atom is 0.410 e. The van der Waals surface area contributed by atoms with Crippen LogP contribution >= 0.6 is 0 Å². The molecule has 3 amide bonds. The molecule has 2 aliphatic heterocycles. The van der Waals surface area contributed by atoms with Crippen molar-refractivity contribution in [3.05, 3.63) is 58.7 Å². The van der Waals surface area contributed by atoms with Crippen molar-refractivity contribution in [1.29, 1.82) is 0 Å². The van der Waals surface area contributed by atoms with Crippen LogP contribution in [0.1, 0.15) is 94.4 Å². The first-order valence-electron chi connectivity index (χ1n) is 19.6. The molecule has 0 atom stereocenters. The summed E-state index contributed by atoms with van der Waals surface area (Å²) in [6.07, 6.45) is 9.55. The van der Waals surface area contributed by atoms with Crippen molar-refractivity contribution in [2.24, 2.45) is 5.73 Å². The number of hydrogen-bond donors (Lipinski definition) is 2. The summed E-state index contributed by atoms with van der Waals surface area (Å²) < 4.78 is 5.22. The van der Waals surface area contributed by atoms with Crippen molar-refractivity contribution in [3.63, 3.8) is 0 Å². The van der Waals surface area contributed by atoms with E-state index >= 15 is 0 Å². The monoisotopic (exact) mass is 737 g/mol. The molecule has 0 saturated carbocycles. The number of para-hydroxylation sites is 1. The van der Waals surface area contributed by atoms with Gasteiger partial charge in [-0.05, 0) is 82.1 Å². The summed E-state index contributed by atoms with van der Waals surface area (Å²) in [7, 11) is 3.73. The zero-order chi connectivity index (χ0) is 39.3. The Kier molecular flexibility index (Phi) is 20.8. The number of carbonyl (C=O) groups excluding carboxylic acids is 4. The Bertz CT molecular complexity index is 1390. The smallest absolute Gasteiger partial charge is 0.410 e. The van der Waals surface area contributed by atoms with E-state index in [4.69, 9.17) is 10.5 Å². The summed E-state index contributed by atoms with van der Waals surface area (Å²) in [5.74, 6) is -0.0192. The van der Waals surface area contributed by atoms with E-state index in [2.05, 4.69) is 55.3 Å². The van der Waals surface area contributed by atoms with Crippen LogP contribution in [0, 0.1) is 20.8 Å². The number of unbranched alkanes of at least 4 members (excludes halogenated alkanes) is 1. The average Bonchev–Trinajstić information content (AvgIpc) is 3.14. The predicted octanol–water partition coefficient (Wildman–Crippen LogP) is 6.50. The normalized spacial score (nSPS) is 14.8. The molecule has 0 aromatic heterocycles. The van der Waals surface area contributed by atoms with Crippen molar-refractivity contribution in [2.75, 3.05) is 70.2 Å². The molecule has 2 aliphatic rings. The lowest BCUT2D eigenvalue weighted by Crippen LogP contribution is -2.53. The number of hydrogen-bond acceptors (Lipinski definition) is 8. The van der Waals surface area contributed by atoms with Gasteiger partial charge in [0.25, 0.3) is 5.91 Å². The van der Waals surface area contributed by atoms with E-state index in [1.54, 1.807) is 16.7 Å². The number of anilines is 2. The van der Waals surface area contributed by atoms with Crippen LogP contribution in [0.4, 0.5) is 16.2 Å². The number of carbonyl (C=O) groups is 4. The summed E-state index contributed by atoms with van der Waals surface area (Å²) >= 11 is 0. The van der Waals surface area contributed by atoms with Crippen molar-refractivity contribution in [2.45, 2.75) is 111 Å². The van der Waals surface area contributed by atoms with Gasteiger partial charge in [0.2, 0.25) is 5.91 Å². The van der Waals surface area contributed by atoms with E-state index in [0.717, 1.165) is 80.7 Å². The number of aryl methyl sites for hydroxylation is 4. The third-order valence-corrected chi connectivity index (χ3v) is 10.0. The van der Waals surface area contributed by atoms with E-state index < -0.39 is 6.09 Å². The number of amides is 3. The van der Waals surface area contributed by atoms with Crippen LogP contribution in [0.2, 0.25) is 0 Å². The number of benzene rings is 2. The van der Waals surface area contributed by atoms with Crippen LogP contribution in [0.15, 0.2) is 36.4 Å². The maximum absolute atomic E-state index is 12.4. The number of piperidine rings is 1. The van der Waals surface area contributed by atoms with Crippen LogP contribution in [-0.4, -0.2) is 111 Å². The Labute approximate surface area is 319 Å². The third kappa shape index (κ3) is 15.5. The first kappa shape index (κ1) is 45.2. The maximum atomic E-state index is 12.4. The molecule has 2 saturated heterocycles. The molecule has 3 N–H and O–H groups in total. The number of ether oxygens (including phenoxy) is 1. The fourth-order valence-electron chi connectivity index (χ4n) is 7.12. The van der Waals surface area contributed by atoms with E-state index in [0.29, 0.717) is 25.6 Å². The fourth-order valence-corrected chi connectivity index (χ4v) is 7.12. The third-order valence-electron chi connectivity index (χ3n) is 10.0. The minimum Gasteiger partial charge on any atom is -0.439 e. The quantitative estimate of drug-likeness (QED) is 0.176. The molecule has 11 heteroatoms. The van der Waals surface area contributed by atoms with Gasteiger partial charge in [-0.1, -0.05) is 62.6 Å². The van der Waals surface area contributed by atoms with Gasteiger partial charge >= 0.3 is 6.09 Å². The average molecular weight is 737 g/mol. The molecule has 0 bridgehead atoms. The highest BCUT2D eigenvalue weighted by atomic mass is 16.6. The van der Waals surface area contributed by atoms with Gasteiger partial charge in [-0.2, -0.15) is 0 Å². The van der Waals surface area contributed by atoms with Gasteiger partial charge in [0.15, 0.2) is 6.61 Å². The van der Waals surface area contributed by atoms with E-state index in [9.17, 15) is 19.2 Å². The van der Waals surface area contributed by atoms with Crippen LogP contribution < -0.4 is 16.0 Å². The second kappa shape index (κ2) is 24.4. The van der Waals surface area contributed by atoms with Crippen LogP contribution in [0.25, 0.3) is 0 Å². The molecule has 0 unspecified atom stereocenters. The largest absolute Gasteiger partial charge is 0.439 e. The fraction of sp³-hybridized carbons (Fsp3) is 0.619. The molecule has 0 radical (unpaired) electrons. The van der Waals surface area contributed by atoms with Gasteiger partial charge in [-0.15, -0.1) is 0 Å². The summed E-state index contributed by atoms with van der Waals surface area (Å²) in [5.41, 5.74) is 12.9. The second-order valence-electron chi connectivity index (χ2n) is 14.3. The SMILES string of the molecule is CC(=O)N(C)c1c(C)cc(C)cc1C.CCCC(CCC)N1CCN(C(=O)COC(=O)N2CCC(N)CC2)CC1.CNc1ccccc1CCCC=O. The Morgan fingerprint density at radius 2 is 1.53 bits per heavy atom. The van der Waals surface area contributed by atoms with Crippen LogP contribution in [-0.2, 0) is 25.5 Å². The van der Waals surface area contributed by atoms with Crippen molar-refractivity contribution >= 4 is 35.6 Å². The van der Waals surface area contributed by atoms with Crippen LogP contribution in [0.3, 0.4) is 0 Å². The standard InChI is InChI=1S/C19H36N4O3.C12H17NO.C11H15NO/c1-3-5-17(6-4-2)21-11-13-22(14-12-21)18(24)15-26-19(25)23-9-7-16(20)8-10-23;1-8-6-9(2)12(10(3)7-8)13(5)11(4)14;1-12-11-8-3-2-6-10(11)7-4-5-9-13/h16-17H,3-15,20H2,1-2H3;6-7H,1-5H3;2-3,6,8-9,12H,4-5,7H2,1H3. The lowest BCUT2D eigenvalue weighted by molar-refractivity contribution is -0.136. The molecule has 53 heavy (non-hydrogen) atoms. The first-order chi connectivity index (χ1) is 25.4. The number of aldehydes is 1. The predicted molar refractivity (Wildman–Crippen MR) is 217 cm³/mol. The topological polar surface area (TPSA) is 129 Å². The molecule has 11 nitrogen and oxygen atoms in total. The number of rotatable bonds is 13. The number of likely N-dealkylation sites (tertiary alicyclic amines) is 1. The lowest BCUT2D eigenvalue weighted by atomic mass is 10.0. The highest BCUT2D eigenvalue weighted by Gasteiger charge is 2.27. The molecular weight excluding hydrogens is 668 g/mol. The van der Waals surface area contributed by atoms with E-state index in [1.807, 2.05) is 45.0 Å². The molecule has 2 heterocycles. The minimum atomic E-state index is -0.394. The minimum absolute atomic E-state index is 0.0695. The van der Waals surface area contributed by atoms with Crippen molar-refractivity contribution in [1.82, 2.24) is 14.7 Å². The van der Waals surface area contributed by atoms with Gasteiger partial charge in [0.1, 0.15) is 6.29 Å². The van der Waals surface area contributed by atoms with Gasteiger partial charge < -0.3 is 35.3 Å². The molecule has 4 rings (SSSR count). The van der Waals surface area contributed by atoms with Gasteiger partial charge in [0, 0.05) is 90.2 Å². The zero-order valence-electron chi connectivity index (χ0n) is 33.9. The molecule has 0 spiro atoms. The second-order valence-corrected chi connectivity index (χ2v) is 14.3. The summed E-state index contributed by atoms with van der Waals surface area (Å²) in [4.78, 5) is 53.5. The Morgan fingerprint density at radius 1 is 0.943 bits per heavy atom. The van der Waals surface area contributed by atoms with Crippen molar-refractivity contribution < 1.29 is 23.9 Å². The van der Waals surface area contributed by atoms with E-state index in [1.165, 1.54) is 36.8 Å². The molecule has 2 aromatic carbocycles. The number of piperazine rings is 1. The Hall–Kier alpha value is -3.96. The van der Waals surface area contributed by atoms with Gasteiger partial charge in [-0.3, -0.25) is 14.5 Å². The number of nitrogens with zero attached hydrogens (tertiary/aromatic N) is 4. The first-order valence-corrected chi connectivity index (χ1v) is 19.6. The lowest BCUT2D eigenvalue weighted by Gasteiger charge is -2.39. The highest BCUT2D eigenvalue weighted by Crippen LogP contribution is 2.25. The zero-order valence-corrected chi connectivity index (χ0v) is 33.9. The summed E-state index contributed by atoms with van der Waals surface area (Å²) in [6, 6.07) is 13.2. The van der Waals surface area contributed by atoms with Gasteiger partial charge in [0.05, 0.1) is 0 Å². The highest BCUT2D eigenvalue weighted by molar-refractivity contribution is 5.92. The summed E-state index contributed by atoms with van der Waals surface area (Å²) in [6.45, 7) is 16.5.